The van der Waals surface area contributed by atoms with Crippen LogP contribution in [-0.4, -0.2) is 10.2 Å². The molecule has 0 atom stereocenters. The molecular formula is C13H10ClN3O2S. The second-order valence-electron chi connectivity index (χ2n) is 4.20. The van der Waals surface area contributed by atoms with Crippen molar-refractivity contribution < 1.29 is 0 Å². The van der Waals surface area contributed by atoms with Gasteiger partial charge in [0, 0.05) is 17.1 Å². The zero-order valence-electron chi connectivity index (χ0n) is 10.2. The molecule has 3 aromatic rings. The second-order valence-corrected chi connectivity index (χ2v) is 6.00. The van der Waals surface area contributed by atoms with Crippen molar-refractivity contribution in [1.29, 1.82) is 0 Å². The summed E-state index contributed by atoms with van der Waals surface area (Å²) in [5, 5.41) is 8.53. The van der Waals surface area contributed by atoms with Crippen LogP contribution in [0.3, 0.4) is 0 Å². The first kappa shape index (κ1) is 13.0. The van der Waals surface area contributed by atoms with Crippen molar-refractivity contribution in [3.05, 3.63) is 60.3 Å². The molecule has 0 aliphatic heterocycles. The molecule has 2 heterocycles. The zero-order valence-corrected chi connectivity index (χ0v) is 11.8. The maximum absolute atomic E-state index is 11.9. The van der Waals surface area contributed by atoms with E-state index >= 15 is 0 Å². The van der Waals surface area contributed by atoms with Gasteiger partial charge in [-0.15, -0.1) is 11.3 Å². The Morgan fingerprint density at radius 3 is 2.65 bits per heavy atom. The monoisotopic (exact) mass is 307 g/mol. The fraction of sp³-hybridized carbons (Fsp3) is 0.0769. The minimum Gasteiger partial charge on any atom is -0.379 e. The number of H-pyrrole nitrogens is 2. The topological polar surface area (TPSA) is 77.8 Å². The minimum absolute atomic E-state index is 0.317. The van der Waals surface area contributed by atoms with Gasteiger partial charge in [0.1, 0.15) is 0 Å². The summed E-state index contributed by atoms with van der Waals surface area (Å²) in [5.74, 6) is 0. The van der Waals surface area contributed by atoms with Crippen molar-refractivity contribution in [2.45, 2.75) is 6.54 Å². The van der Waals surface area contributed by atoms with E-state index in [1.807, 2.05) is 12.1 Å². The van der Waals surface area contributed by atoms with Crippen LogP contribution in [0.5, 0.6) is 0 Å². The summed E-state index contributed by atoms with van der Waals surface area (Å²) in [4.78, 5) is 24.6. The summed E-state index contributed by atoms with van der Waals surface area (Å²) in [6.45, 7) is 0.544. The van der Waals surface area contributed by atoms with Gasteiger partial charge in [0.05, 0.1) is 15.1 Å². The number of thiophene rings is 1. The van der Waals surface area contributed by atoms with Gasteiger partial charge in [-0.05, 0) is 24.3 Å². The molecule has 5 nitrogen and oxygen atoms in total. The van der Waals surface area contributed by atoms with E-state index in [-0.39, 0.29) is 11.1 Å². The third-order valence-corrected chi connectivity index (χ3v) is 4.14. The SMILES string of the molecule is O=c1[nH][nH]c(=O)c2c(NCc3ccc(Cl)s3)cccc12. The minimum atomic E-state index is -0.327. The number of aromatic nitrogens is 2. The third kappa shape index (κ3) is 2.35. The molecule has 1 aromatic carbocycles. The lowest BCUT2D eigenvalue weighted by Gasteiger charge is -2.07. The van der Waals surface area contributed by atoms with Crippen LogP contribution in [0.15, 0.2) is 39.9 Å². The lowest BCUT2D eigenvalue weighted by molar-refractivity contribution is 0.976. The molecule has 0 bridgehead atoms. The van der Waals surface area contributed by atoms with Gasteiger partial charge < -0.3 is 5.32 Å². The molecule has 7 heteroatoms. The Kier molecular flexibility index (Phi) is 3.33. The Hall–Kier alpha value is -2.05. The number of aromatic amines is 2. The first-order chi connectivity index (χ1) is 9.65. The van der Waals surface area contributed by atoms with Gasteiger partial charge in [-0.25, -0.2) is 0 Å². The Morgan fingerprint density at radius 1 is 1.10 bits per heavy atom. The highest BCUT2D eigenvalue weighted by Gasteiger charge is 2.08. The molecule has 102 valence electrons. The highest BCUT2D eigenvalue weighted by molar-refractivity contribution is 7.16. The van der Waals surface area contributed by atoms with E-state index in [4.69, 9.17) is 11.6 Å². The van der Waals surface area contributed by atoms with Gasteiger partial charge in [-0.2, -0.15) is 0 Å². The number of nitrogens with one attached hydrogen (secondary N) is 3. The fourth-order valence-corrected chi connectivity index (χ4v) is 3.03. The molecule has 2 aromatic heterocycles. The number of halogens is 1. The zero-order chi connectivity index (χ0) is 14.1. The standard InChI is InChI=1S/C13H10ClN3O2S/c14-10-5-4-7(20-10)6-15-9-3-1-2-8-11(9)13(19)17-16-12(8)18/h1-5,15H,6H2,(H,16,18)(H,17,19). The molecule has 0 fully saturated rings. The van der Waals surface area contributed by atoms with E-state index in [0.29, 0.717) is 27.3 Å². The maximum atomic E-state index is 11.9. The highest BCUT2D eigenvalue weighted by Crippen LogP contribution is 2.23. The van der Waals surface area contributed by atoms with Crippen LogP contribution in [0.2, 0.25) is 4.34 Å². The quantitative estimate of drug-likeness (QED) is 0.696. The van der Waals surface area contributed by atoms with Gasteiger partial charge in [-0.3, -0.25) is 19.8 Å². The molecule has 3 N–H and O–H groups in total. The molecule has 0 radical (unpaired) electrons. The van der Waals surface area contributed by atoms with E-state index in [9.17, 15) is 9.59 Å². The lowest BCUT2D eigenvalue weighted by atomic mass is 10.1. The number of benzene rings is 1. The van der Waals surface area contributed by atoms with E-state index in [1.165, 1.54) is 11.3 Å². The molecule has 0 spiro atoms. The molecular weight excluding hydrogens is 298 g/mol. The summed E-state index contributed by atoms with van der Waals surface area (Å²) in [6, 6.07) is 8.87. The van der Waals surface area contributed by atoms with E-state index in [2.05, 4.69) is 15.5 Å². The molecule has 0 amide bonds. The van der Waals surface area contributed by atoms with Crippen molar-refractivity contribution in [2.75, 3.05) is 5.32 Å². The van der Waals surface area contributed by atoms with Crippen LogP contribution < -0.4 is 16.4 Å². The first-order valence-corrected chi connectivity index (χ1v) is 7.06. The molecule has 0 aliphatic carbocycles. The second kappa shape index (κ2) is 5.15. The molecule has 20 heavy (non-hydrogen) atoms. The Morgan fingerprint density at radius 2 is 1.90 bits per heavy atom. The van der Waals surface area contributed by atoms with Crippen LogP contribution >= 0.6 is 22.9 Å². The molecule has 0 saturated heterocycles. The number of fused-ring (bicyclic) bond motifs is 1. The van der Waals surface area contributed by atoms with Crippen LogP contribution in [0, 0.1) is 0 Å². The summed E-state index contributed by atoms with van der Waals surface area (Å²) >= 11 is 7.34. The van der Waals surface area contributed by atoms with Crippen molar-refractivity contribution in [3.63, 3.8) is 0 Å². The van der Waals surface area contributed by atoms with Gasteiger partial charge in [0.25, 0.3) is 11.1 Å². The average molecular weight is 308 g/mol. The Labute approximate surface area is 122 Å². The first-order valence-electron chi connectivity index (χ1n) is 5.87. The van der Waals surface area contributed by atoms with Crippen LogP contribution in [0.4, 0.5) is 5.69 Å². The summed E-state index contributed by atoms with van der Waals surface area (Å²) in [7, 11) is 0. The van der Waals surface area contributed by atoms with Gasteiger partial charge in [-0.1, -0.05) is 17.7 Å². The van der Waals surface area contributed by atoms with Gasteiger partial charge in [0.15, 0.2) is 0 Å². The molecule has 0 saturated carbocycles. The van der Waals surface area contributed by atoms with E-state index in [0.717, 1.165) is 4.88 Å². The Bertz CT molecular complexity index is 881. The highest BCUT2D eigenvalue weighted by atomic mass is 35.5. The van der Waals surface area contributed by atoms with Gasteiger partial charge in [0.2, 0.25) is 0 Å². The number of anilines is 1. The molecule has 3 rings (SSSR count). The van der Waals surface area contributed by atoms with Crippen LogP contribution in [-0.2, 0) is 6.54 Å². The van der Waals surface area contributed by atoms with E-state index in [1.54, 1.807) is 18.2 Å². The number of rotatable bonds is 3. The number of hydrogen-bond donors (Lipinski definition) is 3. The average Bonchev–Trinajstić information content (AvgIpc) is 2.86. The summed E-state index contributed by atoms with van der Waals surface area (Å²) < 4.78 is 0.717. The largest absolute Gasteiger partial charge is 0.379 e. The smallest absolute Gasteiger partial charge is 0.272 e. The predicted molar refractivity (Wildman–Crippen MR) is 81.8 cm³/mol. The lowest BCUT2D eigenvalue weighted by Crippen LogP contribution is -2.20. The number of hydrogen-bond acceptors (Lipinski definition) is 4. The van der Waals surface area contributed by atoms with Crippen LogP contribution in [0.1, 0.15) is 4.88 Å². The van der Waals surface area contributed by atoms with Crippen molar-refractivity contribution in [3.8, 4) is 0 Å². The summed E-state index contributed by atoms with van der Waals surface area (Å²) in [6.07, 6.45) is 0. The molecule has 0 aliphatic rings. The van der Waals surface area contributed by atoms with Gasteiger partial charge >= 0.3 is 0 Å². The normalized spacial score (nSPS) is 10.8. The maximum Gasteiger partial charge on any atom is 0.272 e. The van der Waals surface area contributed by atoms with Crippen LogP contribution in [0.25, 0.3) is 10.8 Å². The Balaban J connectivity index is 2.01. The third-order valence-electron chi connectivity index (χ3n) is 2.91. The van der Waals surface area contributed by atoms with Crippen molar-refractivity contribution in [1.82, 2.24) is 10.2 Å². The van der Waals surface area contributed by atoms with Crippen molar-refractivity contribution in [2.24, 2.45) is 0 Å². The van der Waals surface area contributed by atoms with E-state index < -0.39 is 0 Å². The predicted octanol–water partition coefficient (Wildman–Crippen LogP) is 2.54. The molecule has 0 unspecified atom stereocenters. The fourth-order valence-electron chi connectivity index (χ4n) is 2.01. The van der Waals surface area contributed by atoms with Crippen molar-refractivity contribution >= 4 is 39.4 Å². The summed E-state index contributed by atoms with van der Waals surface area (Å²) in [5.41, 5.74) is -0.0197.